The zero-order valence-corrected chi connectivity index (χ0v) is 21.5. The van der Waals surface area contributed by atoms with Gasteiger partial charge in [-0.1, -0.05) is 18.2 Å². The molecule has 5 rings (SSSR count). The van der Waals surface area contributed by atoms with Crippen molar-refractivity contribution < 1.29 is 23.6 Å². The fraction of sp³-hybridized carbons (Fsp3) is 0.0769. The largest absolute Gasteiger partial charge is 0.496 e. The number of nitro benzene ring substituents is 1. The molecule has 0 bridgehead atoms. The number of aromatic nitrogens is 2. The number of nitro groups is 1. The standard InChI is InChI=1S/C26H17BrN4O7/c1-14(32)37-24-18(27)10-15(11-20(24)31(34)35)13-28-30-25(29-19-7-4-3-6-16(19)26(30)33)23-12-17-21(36-2)8-5-9-22(17)38-23/h3-13H,1-2H3. The van der Waals surface area contributed by atoms with Crippen molar-refractivity contribution in [2.75, 3.05) is 7.11 Å². The molecule has 0 fully saturated rings. The Morgan fingerprint density at radius 3 is 2.68 bits per heavy atom. The highest BCUT2D eigenvalue weighted by Gasteiger charge is 2.22. The van der Waals surface area contributed by atoms with Gasteiger partial charge in [0.2, 0.25) is 11.6 Å². The number of furan rings is 1. The quantitative estimate of drug-likeness (QED) is 0.0872. The lowest BCUT2D eigenvalue weighted by atomic mass is 10.2. The van der Waals surface area contributed by atoms with Crippen molar-refractivity contribution in [3.05, 3.63) is 91.2 Å². The summed E-state index contributed by atoms with van der Waals surface area (Å²) in [6, 6.07) is 16.5. The lowest BCUT2D eigenvalue weighted by Gasteiger charge is -2.08. The van der Waals surface area contributed by atoms with Crippen LogP contribution in [0, 0.1) is 10.1 Å². The first-order valence-electron chi connectivity index (χ1n) is 11.1. The molecular weight excluding hydrogens is 560 g/mol. The Hall–Kier alpha value is -4.84. The molecule has 0 N–H and O–H groups in total. The predicted octanol–water partition coefficient (Wildman–Crippen LogP) is 5.30. The van der Waals surface area contributed by atoms with Crippen LogP contribution in [0.3, 0.4) is 0 Å². The van der Waals surface area contributed by atoms with Gasteiger partial charge in [0.25, 0.3) is 5.56 Å². The molecule has 2 heterocycles. The maximum Gasteiger partial charge on any atom is 0.313 e. The van der Waals surface area contributed by atoms with Crippen LogP contribution in [0.25, 0.3) is 33.5 Å². The summed E-state index contributed by atoms with van der Waals surface area (Å²) in [5.74, 6) is 0.0214. The minimum absolute atomic E-state index is 0.119. The predicted molar refractivity (Wildman–Crippen MR) is 143 cm³/mol. The number of esters is 1. The van der Waals surface area contributed by atoms with Crippen molar-refractivity contribution in [3.63, 3.8) is 0 Å². The third-order valence-electron chi connectivity index (χ3n) is 5.53. The lowest BCUT2D eigenvalue weighted by molar-refractivity contribution is -0.385. The summed E-state index contributed by atoms with van der Waals surface area (Å²) in [6.07, 6.45) is 1.26. The van der Waals surface area contributed by atoms with E-state index in [2.05, 4.69) is 26.0 Å². The number of carbonyl (C=O) groups is 1. The average molecular weight is 577 g/mol. The number of ether oxygens (including phenoxy) is 2. The van der Waals surface area contributed by atoms with E-state index in [1.807, 2.05) is 0 Å². The minimum Gasteiger partial charge on any atom is -0.496 e. The summed E-state index contributed by atoms with van der Waals surface area (Å²) >= 11 is 3.20. The number of hydrogen-bond donors (Lipinski definition) is 0. The third kappa shape index (κ3) is 4.52. The van der Waals surface area contributed by atoms with Crippen LogP contribution in [0.15, 0.2) is 79.4 Å². The summed E-state index contributed by atoms with van der Waals surface area (Å²) in [7, 11) is 1.54. The van der Waals surface area contributed by atoms with Crippen LogP contribution in [-0.4, -0.2) is 33.9 Å². The number of benzene rings is 3. The second-order valence-electron chi connectivity index (χ2n) is 8.00. The van der Waals surface area contributed by atoms with Crippen LogP contribution in [0.5, 0.6) is 11.5 Å². The van der Waals surface area contributed by atoms with Gasteiger partial charge in [-0.2, -0.15) is 9.78 Å². The Bertz CT molecular complexity index is 1840. The van der Waals surface area contributed by atoms with Gasteiger partial charge in [0.05, 0.1) is 39.0 Å². The molecule has 5 aromatic rings. The van der Waals surface area contributed by atoms with E-state index in [-0.39, 0.29) is 27.4 Å². The van der Waals surface area contributed by atoms with Gasteiger partial charge in [-0.3, -0.25) is 19.7 Å². The molecule has 0 saturated heterocycles. The van der Waals surface area contributed by atoms with Crippen molar-refractivity contribution in [1.29, 1.82) is 0 Å². The van der Waals surface area contributed by atoms with Crippen LogP contribution in [0.2, 0.25) is 0 Å². The van der Waals surface area contributed by atoms with Crippen LogP contribution in [0.1, 0.15) is 12.5 Å². The zero-order valence-electron chi connectivity index (χ0n) is 19.9. The molecule has 0 amide bonds. The van der Waals surface area contributed by atoms with Gasteiger partial charge in [-0.15, -0.1) is 0 Å². The summed E-state index contributed by atoms with van der Waals surface area (Å²) in [4.78, 5) is 40.4. The Labute approximate surface area is 222 Å². The number of carbonyl (C=O) groups excluding carboxylic acids is 1. The number of nitrogens with zero attached hydrogens (tertiary/aromatic N) is 4. The van der Waals surface area contributed by atoms with E-state index in [4.69, 9.17) is 13.9 Å². The van der Waals surface area contributed by atoms with E-state index in [9.17, 15) is 19.7 Å². The van der Waals surface area contributed by atoms with Crippen molar-refractivity contribution in [2.24, 2.45) is 5.10 Å². The molecule has 0 spiro atoms. The molecule has 0 aliphatic heterocycles. The molecule has 11 nitrogen and oxygen atoms in total. The van der Waals surface area contributed by atoms with E-state index in [0.717, 1.165) is 11.6 Å². The maximum atomic E-state index is 13.5. The highest BCUT2D eigenvalue weighted by Crippen LogP contribution is 2.36. The first-order valence-corrected chi connectivity index (χ1v) is 11.9. The average Bonchev–Trinajstić information content (AvgIpc) is 3.33. The third-order valence-corrected chi connectivity index (χ3v) is 6.12. The number of fused-ring (bicyclic) bond motifs is 2. The SMILES string of the molecule is COc1cccc2oc(-c3nc4ccccc4c(=O)n3N=Cc3cc(Br)c(OC(C)=O)c([N+](=O)[O-])c3)cc12. The van der Waals surface area contributed by atoms with Gasteiger partial charge >= 0.3 is 11.7 Å². The van der Waals surface area contributed by atoms with Gasteiger partial charge in [0.15, 0.2) is 5.76 Å². The van der Waals surface area contributed by atoms with Crippen LogP contribution >= 0.6 is 15.9 Å². The molecule has 0 aliphatic rings. The van der Waals surface area contributed by atoms with Gasteiger partial charge < -0.3 is 13.9 Å². The molecule has 0 saturated carbocycles. The summed E-state index contributed by atoms with van der Waals surface area (Å²) in [6.45, 7) is 1.14. The first kappa shape index (κ1) is 24.8. The van der Waals surface area contributed by atoms with Crippen LogP contribution < -0.4 is 15.0 Å². The summed E-state index contributed by atoms with van der Waals surface area (Å²) in [5.41, 5.74) is 0.300. The van der Waals surface area contributed by atoms with E-state index in [1.54, 1.807) is 55.6 Å². The van der Waals surface area contributed by atoms with E-state index in [0.29, 0.717) is 27.6 Å². The Morgan fingerprint density at radius 1 is 1.16 bits per heavy atom. The molecular formula is C26H17BrN4O7. The van der Waals surface area contributed by atoms with Crippen LogP contribution in [0.4, 0.5) is 5.69 Å². The molecule has 38 heavy (non-hydrogen) atoms. The van der Waals surface area contributed by atoms with E-state index < -0.39 is 22.1 Å². The van der Waals surface area contributed by atoms with E-state index in [1.165, 1.54) is 18.3 Å². The highest BCUT2D eigenvalue weighted by molar-refractivity contribution is 9.10. The van der Waals surface area contributed by atoms with Gasteiger partial charge in [0.1, 0.15) is 11.3 Å². The number of rotatable bonds is 6. The van der Waals surface area contributed by atoms with E-state index >= 15 is 0 Å². The van der Waals surface area contributed by atoms with Crippen molar-refractivity contribution in [3.8, 4) is 23.1 Å². The Morgan fingerprint density at radius 2 is 1.95 bits per heavy atom. The van der Waals surface area contributed by atoms with Gasteiger partial charge in [-0.05, 0) is 52.3 Å². The number of hydrogen-bond acceptors (Lipinski definition) is 9. The number of halogens is 1. The van der Waals surface area contributed by atoms with Crippen molar-refractivity contribution in [2.45, 2.75) is 6.92 Å². The van der Waals surface area contributed by atoms with Gasteiger partial charge in [0, 0.05) is 18.6 Å². The molecule has 0 unspecified atom stereocenters. The molecule has 190 valence electrons. The Kier molecular flexibility index (Phi) is 6.47. The summed E-state index contributed by atoms with van der Waals surface area (Å²) < 4.78 is 17.6. The normalized spacial score (nSPS) is 11.3. The lowest BCUT2D eigenvalue weighted by Crippen LogP contribution is -2.20. The molecule has 12 heteroatoms. The second-order valence-corrected chi connectivity index (χ2v) is 8.85. The fourth-order valence-electron chi connectivity index (χ4n) is 3.89. The second kappa shape index (κ2) is 9.90. The Balaban J connectivity index is 1.69. The van der Waals surface area contributed by atoms with Crippen LogP contribution in [-0.2, 0) is 4.79 Å². The number of methoxy groups -OCH3 is 1. The minimum atomic E-state index is -0.712. The fourth-order valence-corrected chi connectivity index (χ4v) is 4.44. The monoisotopic (exact) mass is 576 g/mol. The smallest absolute Gasteiger partial charge is 0.313 e. The number of para-hydroxylation sites is 1. The molecule has 0 aliphatic carbocycles. The maximum absolute atomic E-state index is 13.5. The zero-order chi connectivity index (χ0) is 27.0. The molecule has 0 radical (unpaired) electrons. The van der Waals surface area contributed by atoms with Crippen molar-refractivity contribution in [1.82, 2.24) is 9.66 Å². The van der Waals surface area contributed by atoms with Crippen molar-refractivity contribution >= 4 is 55.7 Å². The first-order chi connectivity index (χ1) is 18.3. The van der Waals surface area contributed by atoms with Gasteiger partial charge in [-0.25, -0.2) is 4.98 Å². The highest BCUT2D eigenvalue weighted by atomic mass is 79.9. The topological polar surface area (TPSA) is 139 Å². The molecule has 2 aromatic heterocycles. The molecule has 3 aromatic carbocycles. The summed E-state index contributed by atoms with van der Waals surface area (Å²) in [5, 5.41) is 16.9. The molecule has 0 atom stereocenters.